The molecule has 0 N–H and O–H groups in total. The molecule has 0 aliphatic rings. The molecule has 0 saturated carbocycles. The van der Waals surface area contributed by atoms with E-state index >= 15 is 0 Å². The van der Waals surface area contributed by atoms with Crippen LogP contribution in [0.1, 0.15) is 35.3 Å². The van der Waals surface area contributed by atoms with Gasteiger partial charge in [0, 0.05) is 24.2 Å². The summed E-state index contributed by atoms with van der Waals surface area (Å²) in [5.74, 6) is 0.0752. The van der Waals surface area contributed by atoms with Crippen LogP contribution in [0.25, 0.3) is 0 Å². The van der Waals surface area contributed by atoms with Gasteiger partial charge in [-0.05, 0) is 49.7 Å². The Bertz CT molecular complexity index is 773. The molecule has 0 unspecified atom stereocenters. The highest BCUT2D eigenvalue weighted by Crippen LogP contribution is 2.22. The number of amides is 1. The van der Waals surface area contributed by atoms with Crippen molar-refractivity contribution in [1.29, 1.82) is 0 Å². The maximum absolute atomic E-state index is 13.3. The van der Waals surface area contributed by atoms with Crippen molar-refractivity contribution in [2.75, 3.05) is 13.7 Å². The monoisotopic (exact) mass is 343 g/mol. The van der Waals surface area contributed by atoms with E-state index in [2.05, 4.69) is 0 Å². The Kier molecular flexibility index (Phi) is 6.28. The topological polar surface area (TPSA) is 46.6 Å². The van der Waals surface area contributed by atoms with Gasteiger partial charge in [0.2, 0.25) is 5.91 Å². The molecule has 0 atom stereocenters. The van der Waals surface area contributed by atoms with E-state index in [9.17, 15) is 14.0 Å². The number of methoxy groups -OCH3 is 1. The van der Waals surface area contributed by atoms with E-state index in [1.807, 2.05) is 6.92 Å². The summed E-state index contributed by atoms with van der Waals surface area (Å²) in [6.07, 6.45) is 0.119. The van der Waals surface area contributed by atoms with Crippen LogP contribution in [0.2, 0.25) is 0 Å². The van der Waals surface area contributed by atoms with Gasteiger partial charge in [-0.3, -0.25) is 9.59 Å². The molecule has 132 valence electrons. The predicted octanol–water partition coefficient (Wildman–Crippen LogP) is 3.63. The van der Waals surface area contributed by atoms with E-state index in [0.29, 0.717) is 30.0 Å². The van der Waals surface area contributed by atoms with Crippen molar-refractivity contribution in [2.24, 2.45) is 0 Å². The molecule has 0 heterocycles. The van der Waals surface area contributed by atoms with Crippen LogP contribution in [0.15, 0.2) is 42.5 Å². The molecule has 0 bridgehead atoms. The van der Waals surface area contributed by atoms with Gasteiger partial charge in [-0.1, -0.05) is 12.1 Å². The Morgan fingerprint density at radius 2 is 1.92 bits per heavy atom. The molecular weight excluding hydrogens is 321 g/mol. The fraction of sp³-hybridized carbons (Fsp3) is 0.300. The lowest BCUT2D eigenvalue weighted by molar-refractivity contribution is -0.130. The number of benzene rings is 2. The Morgan fingerprint density at radius 1 is 1.16 bits per heavy atom. The van der Waals surface area contributed by atoms with Gasteiger partial charge in [0.25, 0.3) is 0 Å². The molecule has 4 nitrogen and oxygen atoms in total. The molecule has 5 heteroatoms. The summed E-state index contributed by atoms with van der Waals surface area (Å²) in [5.41, 5.74) is 1.94. The second kappa shape index (κ2) is 8.42. The van der Waals surface area contributed by atoms with Gasteiger partial charge in [-0.2, -0.15) is 0 Å². The molecule has 25 heavy (non-hydrogen) atoms. The Labute approximate surface area is 147 Å². The van der Waals surface area contributed by atoms with Gasteiger partial charge >= 0.3 is 0 Å². The number of carbonyl (C=O) groups excluding carboxylic acids is 2. The van der Waals surface area contributed by atoms with E-state index in [1.165, 1.54) is 26.2 Å². The number of likely N-dealkylation sites (N-methyl/N-ethyl adjacent to an activating group) is 1. The first-order valence-corrected chi connectivity index (χ1v) is 8.14. The van der Waals surface area contributed by atoms with Crippen molar-refractivity contribution in [3.8, 4) is 5.75 Å². The number of hydrogen-bond donors (Lipinski definition) is 0. The highest BCUT2D eigenvalue weighted by Gasteiger charge is 2.16. The largest absolute Gasteiger partial charge is 0.496 e. The normalized spacial score (nSPS) is 10.4. The van der Waals surface area contributed by atoms with Crippen molar-refractivity contribution in [2.45, 2.75) is 26.8 Å². The number of carbonyl (C=O) groups is 2. The number of hydrogen-bond acceptors (Lipinski definition) is 3. The lowest BCUT2D eigenvalue weighted by atomic mass is 10.0. The van der Waals surface area contributed by atoms with Gasteiger partial charge in [-0.15, -0.1) is 0 Å². The maximum atomic E-state index is 13.3. The molecule has 0 aliphatic carbocycles. The van der Waals surface area contributed by atoms with Crippen LogP contribution < -0.4 is 4.74 Å². The second-order valence-electron chi connectivity index (χ2n) is 5.80. The summed E-state index contributed by atoms with van der Waals surface area (Å²) in [5, 5.41) is 0. The Hall–Kier alpha value is -2.69. The minimum Gasteiger partial charge on any atom is -0.496 e. The van der Waals surface area contributed by atoms with Crippen molar-refractivity contribution in [3.05, 3.63) is 65.0 Å². The van der Waals surface area contributed by atoms with Gasteiger partial charge in [0.15, 0.2) is 5.78 Å². The first-order valence-electron chi connectivity index (χ1n) is 8.14. The fourth-order valence-electron chi connectivity index (χ4n) is 2.64. The minimum atomic E-state index is -0.322. The highest BCUT2D eigenvalue weighted by molar-refractivity contribution is 5.94. The molecule has 2 aromatic rings. The summed E-state index contributed by atoms with van der Waals surface area (Å²) < 4.78 is 18.6. The minimum absolute atomic E-state index is 0.0662. The third kappa shape index (κ3) is 4.89. The highest BCUT2D eigenvalue weighted by atomic mass is 19.1. The zero-order valence-corrected chi connectivity index (χ0v) is 14.7. The first kappa shape index (κ1) is 18.6. The number of ether oxygens (including phenoxy) is 1. The van der Waals surface area contributed by atoms with Gasteiger partial charge in [-0.25, -0.2) is 4.39 Å². The third-order valence-corrected chi connectivity index (χ3v) is 4.03. The molecule has 1 amide bonds. The van der Waals surface area contributed by atoms with Crippen LogP contribution in [-0.2, 0) is 17.8 Å². The molecule has 0 aliphatic heterocycles. The van der Waals surface area contributed by atoms with E-state index in [1.54, 1.807) is 35.2 Å². The van der Waals surface area contributed by atoms with Crippen LogP contribution in [0, 0.1) is 5.82 Å². The van der Waals surface area contributed by atoms with Crippen molar-refractivity contribution in [3.63, 3.8) is 0 Å². The first-order chi connectivity index (χ1) is 11.9. The third-order valence-electron chi connectivity index (χ3n) is 4.03. The van der Waals surface area contributed by atoms with Gasteiger partial charge in [0.1, 0.15) is 11.6 Å². The number of ketones is 1. The van der Waals surface area contributed by atoms with Crippen LogP contribution in [0.5, 0.6) is 5.75 Å². The van der Waals surface area contributed by atoms with Crippen LogP contribution in [-0.4, -0.2) is 30.2 Å². The van der Waals surface area contributed by atoms with E-state index in [-0.39, 0.29) is 23.9 Å². The number of rotatable bonds is 7. The quantitative estimate of drug-likeness (QED) is 0.721. The number of nitrogens with zero attached hydrogens (tertiary/aromatic N) is 1. The van der Waals surface area contributed by atoms with Crippen LogP contribution in [0.4, 0.5) is 4.39 Å². The molecule has 0 radical (unpaired) electrons. The predicted molar refractivity (Wildman–Crippen MR) is 94.2 cm³/mol. The zero-order valence-electron chi connectivity index (χ0n) is 14.7. The SMILES string of the molecule is CCN(Cc1cccc(F)c1)C(=O)Cc1cc(C(C)=O)ccc1OC. The van der Waals surface area contributed by atoms with Gasteiger partial charge < -0.3 is 9.64 Å². The fourth-order valence-corrected chi connectivity index (χ4v) is 2.64. The lowest BCUT2D eigenvalue weighted by Crippen LogP contribution is -2.31. The molecule has 0 saturated heterocycles. The smallest absolute Gasteiger partial charge is 0.227 e. The standard InChI is InChI=1S/C20H22FNO3/c1-4-22(13-15-6-5-7-18(21)10-15)20(24)12-17-11-16(14(2)23)8-9-19(17)25-3/h5-11H,4,12-13H2,1-3H3. The summed E-state index contributed by atoms with van der Waals surface area (Å²) in [6, 6.07) is 11.3. The molecule has 2 aromatic carbocycles. The average molecular weight is 343 g/mol. The van der Waals surface area contributed by atoms with Crippen LogP contribution in [0.3, 0.4) is 0 Å². The second-order valence-corrected chi connectivity index (χ2v) is 5.80. The molecule has 2 rings (SSSR count). The molecule has 0 fully saturated rings. The summed E-state index contributed by atoms with van der Waals surface area (Å²) in [6.45, 7) is 4.20. The molecule has 0 spiro atoms. The molecular formula is C20H22FNO3. The van der Waals surface area contributed by atoms with E-state index < -0.39 is 0 Å². The molecule has 0 aromatic heterocycles. The average Bonchev–Trinajstić information content (AvgIpc) is 2.59. The van der Waals surface area contributed by atoms with Crippen LogP contribution >= 0.6 is 0 Å². The van der Waals surface area contributed by atoms with Gasteiger partial charge in [0.05, 0.1) is 13.5 Å². The summed E-state index contributed by atoms with van der Waals surface area (Å²) in [4.78, 5) is 25.9. The Morgan fingerprint density at radius 3 is 2.52 bits per heavy atom. The summed E-state index contributed by atoms with van der Waals surface area (Å²) >= 11 is 0. The lowest BCUT2D eigenvalue weighted by Gasteiger charge is -2.22. The number of Topliss-reactive ketones (excluding diaryl/α,β-unsaturated/α-hetero) is 1. The number of halogens is 1. The zero-order chi connectivity index (χ0) is 18.4. The maximum Gasteiger partial charge on any atom is 0.227 e. The van der Waals surface area contributed by atoms with E-state index in [4.69, 9.17) is 4.74 Å². The Balaban J connectivity index is 2.18. The van der Waals surface area contributed by atoms with Crippen molar-refractivity contribution < 1.29 is 18.7 Å². The summed E-state index contributed by atoms with van der Waals surface area (Å²) in [7, 11) is 1.53. The van der Waals surface area contributed by atoms with Crippen molar-refractivity contribution in [1.82, 2.24) is 4.90 Å². The van der Waals surface area contributed by atoms with E-state index in [0.717, 1.165) is 5.56 Å². The van der Waals surface area contributed by atoms with Crippen molar-refractivity contribution >= 4 is 11.7 Å².